The fourth-order valence-electron chi connectivity index (χ4n) is 3.49. The molecule has 0 bridgehead atoms. The molecule has 2 aromatic rings. The van der Waals surface area contributed by atoms with Gasteiger partial charge < -0.3 is 14.6 Å². The standard InChI is InChI=1S/C21H27BrN2O3/c1-3-27-20-6-4-5-18(21-23-12-16(25)13-24-21)17(20)9-7-14-11-15(22)8-10-19(14)26-2/h4-6,8,10-11,16,21,23-25H,3,7,9,12-13H2,1-2H3. The number of β-amino-alcohol motifs (C(OH)–C–C–N with tert-alkyl or cyclic N) is 1. The van der Waals surface area contributed by atoms with Crippen molar-refractivity contribution < 1.29 is 14.6 Å². The van der Waals surface area contributed by atoms with Crippen LogP contribution in [-0.2, 0) is 12.8 Å². The Hall–Kier alpha value is -1.60. The summed E-state index contributed by atoms with van der Waals surface area (Å²) >= 11 is 3.55. The van der Waals surface area contributed by atoms with Crippen LogP contribution in [0.3, 0.4) is 0 Å². The predicted octanol–water partition coefficient (Wildman–Crippen LogP) is 3.19. The van der Waals surface area contributed by atoms with Crippen molar-refractivity contribution in [3.05, 3.63) is 57.6 Å². The minimum atomic E-state index is -0.356. The summed E-state index contributed by atoms with van der Waals surface area (Å²) in [5, 5.41) is 16.5. The van der Waals surface area contributed by atoms with Crippen LogP contribution in [-0.4, -0.2) is 38.0 Å². The van der Waals surface area contributed by atoms with E-state index >= 15 is 0 Å². The topological polar surface area (TPSA) is 62.8 Å². The summed E-state index contributed by atoms with van der Waals surface area (Å²) in [4.78, 5) is 0. The maximum Gasteiger partial charge on any atom is 0.122 e. The second-order valence-electron chi connectivity index (χ2n) is 6.62. The lowest BCUT2D eigenvalue weighted by atomic mass is 9.96. The van der Waals surface area contributed by atoms with Gasteiger partial charge in [0.15, 0.2) is 0 Å². The van der Waals surface area contributed by atoms with Crippen molar-refractivity contribution in [2.24, 2.45) is 0 Å². The van der Waals surface area contributed by atoms with E-state index in [1.54, 1.807) is 7.11 Å². The van der Waals surface area contributed by atoms with E-state index in [-0.39, 0.29) is 12.3 Å². The first-order valence-corrected chi connectivity index (χ1v) is 10.1. The molecular formula is C21H27BrN2O3. The van der Waals surface area contributed by atoms with E-state index in [0.717, 1.165) is 34.4 Å². The van der Waals surface area contributed by atoms with Crippen LogP contribution in [0.2, 0.25) is 0 Å². The quantitative estimate of drug-likeness (QED) is 0.624. The molecule has 5 nitrogen and oxygen atoms in total. The number of methoxy groups -OCH3 is 1. The van der Waals surface area contributed by atoms with E-state index in [1.807, 2.05) is 31.2 Å². The van der Waals surface area contributed by atoms with E-state index in [1.165, 1.54) is 11.1 Å². The third-order valence-corrected chi connectivity index (χ3v) is 5.28. The molecular weight excluding hydrogens is 408 g/mol. The van der Waals surface area contributed by atoms with Crippen molar-refractivity contribution in [3.8, 4) is 11.5 Å². The number of hydrogen-bond donors (Lipinski definition) is 3. The van der Waals surface area contributed by atoms with Gasteiger partial charge in [-0.1, -0.05) is 28.1 Å². The molecule has 3 N–H and O–H groups in total. The number of aliphatic hydroxyl groups excluding tert-OH is 1. The summed E-state index contributed by atoms with van der Waals surface area (Å²) in [6.45, 7) is 3.78. The fraction of sp³-hybridized carbons (Fsp3) is 0.429. The Morgan fingerprint density at radius 1 is 1.11 bits per heavy atom. The molecule has 1 fully saturated rings. The van der Waals surface area contributed by atoms with Crippen molar-refractivity contribution in [1.82, 2.24) is 10.6 Å². The minimum absolute atomic E-state index is 0.00760. The zero-order chi connectivity index (χ0) is 19.2. The molecule has 1 aliphatic heterocycles. The van der Waals surface area contributed by atoms with Crippen molar-refractivity contribution in [3.63, 3.8) is 0 Å². The smallest absolute Gasteiger partial charge is 0.122 e. The van der Waals surface area contributed by atoms with Gasteiger partial charge in [-0.2, -0.15) is 0 Å². The molecule has 0 amide bonds. The summed E-state index contributed by atoms with van der Waals surface area (Å²) in [6.07, 6.45) is 1.33. The summed E-state index contributed by atoms with van der Waals surface area (Å²) < 4.78 is 12.5. The summed E-state index contributed by atoms with van der Waals surface area (Å²) in [5.41, 5.74) is 3.51. The summed E-state index contributed by atoms with van der Waals surface area (Å²) in [7, 11) is 1.70. The highest BCUT2D eigenvalue weighted by atomic mass is 79.9. The molecule has 0 spiro atoms. The minimum Gasteiger partial charge on any atom is -0.496 e. The maximum atomic E-state index is 9.75. The molecule has 0 unspecified atom stereocenters. The maximum absolute atomic E-state index is 9.75. The normalized spacial score (nSPS) is 19.7. The molecule has 1 saturated heterocycles. The van der Waals surface area contributed by atoms with Crippen molar-refractivity contribution in [2.75, 3.05) is 26.8 Å². The zero-order valence-electron chi connectivity index (χ0n) is 15.8. The molecule has 0 saturated carbocycles. The van der Waals surface area contributed by atoms with Gasteiger partial charge in [-0.15, -0.1) is 0 Å². The molecule has 0 atom stereocenters. The highest BCUT2D eigenvalue weighted by molar-refractivity contribution is 9.10. The van der Waals surface area contributed by atoms with Crippen LogP contribution < -0.4 is 20.1 Å². The molecule has 0 radical (unpaired) electrons. The Bertz CT molecular complexity index is 761. The largest absolute Gasteiger partial charge is 0.496 e. The monoisotopic (exact) mass is 434 g/mol. The van der Waals surface area contributed by atoms with Crippen LogP contribution in [0.5, 0.6) is 11.5 Å². The van der Waals surface area contributed by atoms with Crippen LogP contribution in [0.4, 0.5) is 0 Å². The molecule has 1 aliphatic rings. The third kappa shape index (κ3) is 5.02. The first-order valence-electron chi connectivity index (χ1n) is 9.34. The van der Waals surface area contributed by atoms with Crippen LogP contribution in [0.15, 0.2) is 40.9 Å². The molecule has 3 rings (SSSR count). The third-order valence-electron chi connectivity index (χ3n) is 4.78. The number of rotatable bonds is 7. The average molecular weight is 435 g/mol. The second-order valence-corrected chi connectivity index (χ2v) is 7.53. The van der Waals surface area contributed by atoms with Gasteiger partial charge in [-0.05, 0) is 55.2 Å². The van der Waals surface area contributed by atoms with Crippen molar-refractivity contribution in [2.45, 2.75) is 32.0 Å². The average Bonchev–Trinajstić information content (AvgIpc) is 2.68. The summed E-state index contributed by atoms with van der Waals surface area (Å²) in [6, 6.07) is 12.3. The van der Waals surface area contributed by atoms with E-state index in [2.05, 4.69) is 38.7 Å². The van der Waals surface area contributed by atoms with Gasteiger partial charge in [0.25, 0.3) is 0 Å². The molecule has 1 heterocycles. The van der Waals surface area contributed by atoms with Crippen molar-refractivity contribution >= 4 is 15.9 Å². The lowest BCUT2D eigenvalue weighted by Gasteiger charge is -2.30. The number of nitrogens with one attached hydrogen (secondary N) is 2. The number of aryl methyl sites for hydroxylation is 1. The van der Waals surface area contributed by atoms with Crippen LogP contribution >= 0.6 is 15.9 Å². The number of halogens is 1. The number of benzene rings is 2. The van der Waals surface area contributed by atoms with E-state index in [4.69, 9.17) is 9.47 Å². The number of hydrogen-bond acceptors (Lipinski definition) is 5. The number of aliphatic hydroxyl groups is 1. The van der Waals surface area contributed by atoms with Gasteiger partial charge in [0.2, 0.25) is 0 Å². The van der Waals surface area contributed by atoms with Crippen LogP contribution in [0.25, 0.3) is 0 Å². The van der Waals surface area contributed by atoms with E-state index in [9.17, 15) is 5.11 Å². The molecule has 146 valence electrons. The van der Waals surface area contributed by atoms with Gasteiger partial charge in [0, 0.05) is 23.1 Å². The molecule has 6 heteroatoms. The predicted molar refractivity (Wildman–Crippen MR) is 110 cm³/mol. The Labute approximate surface area is 169 Å². The van der Waals surface area contributed by atoms with E-state index in [0.29, 0.717) is 19.7 Å². The Morgan fingerprint density at radius 3 is 2.59 bits per heavy atom. The SMILES string of the molecule is CCOc1cccc(C2NCC(O)CN2)c1CCc1cc(Br)ccc1OC. The van der Waals surface area contributed by atoms with Gasteiger partial charge in [-0.25, -0.2) is 0 Å². The van der Waals surface area contributed by atoms with Crippen molar-refractivity contribution in [1.29, 1.82) is 0 Å². The van der Waals surface area contributed by atoms with Gasteiger partial charge >= 0.3 is 0 Å². The Morgan fingerprint density at radius 2 is 1.89 bits per heavy atom. The zero-order valence-corrected chi connectivity index (χ0v) is 17.4. The highest BCUT2D eigenvalue weighted by Crippen LogP contribution is 2.31. The molecule has 0 aliphatic carbocycles. The molecule has 27 heavy (non-hydrogen) atoms. The first kappa shape index (κ1) is 20.1. The fourth-order valence-corrected chi connectivity index (χ4v) is 3.89. The van der Waals surface area contributed by atoms with Crippen LogP contribution in [0, 0.1) is 0 Å². The van der Waals surface area contributed by atoms with Gasteiger partial charge in [-0.3, -0.25) is 10.6 Å². The first-order chi connectivity index (χ1) is 13.1. The number of ether oxygens (including phenoxy) is 2. The van der Waals surface area contributed by atoms with E-state index < -0.39 is 0 Å². The van der Waals surface area contributed by atoms with Crippen LogP contribution in [0.1, 0.15) is 29.8 Å². The lowest BCUT2D eigenvalue weighted by Crippen LogP contribution is -2.49. The molecule has 2 aromatic carbocycles. The molecule has 0 aromatic heterocycles. The lowest BCUT2D eigenvalue weighted by molar-refractivity contribution is 0.128. The van der Waals surface area contributed by atoms with Gasteiger partial charge in [0.05, 0.1) is 26.0 Å². The second kappa shape index (κ2) is 9.55. The highest BCUT2D eigenvalue weighted by Gasteiger charge is 2.23. The Balaban J connectivity index is 1.87. The summed E-state index contributed by atoms with van der Waals surface area (Å²) in [5.74, 6) is 1.81. The van der Waals surface area contributed by atoms with Gasteiger partial charge in [0.1, 0.15) is 11.5 Å². The Kier molecular flexibility index (Phi) is 7.13.